The number of hydrogen-bond donors (Lipinski definition) is 0. The summed E-state index contributed by atoms with van der Waals surface area (Å²) in [7, 11) is 4.36. The van der Waals surface area contributed by atoms with Crippen LogP contribution in [0.25, 0.3) is 17.5 Å². The second kappa shape index (κ2) is 10.9. The smallest absolute Gasteiger partial charge is 0.387 e. The van der Waals surface area contributed by atoms with Gasteiger partial charge in [0.25, 0.3) is 5.89 Å². The Morgan fingerprint density at radius 1 is 1.03 bits per heavy atom. The van der Waals surface area contributed by atoms with Crippen LogP contribution in [0.5, 0.6) is 23.0 Å². The van der Waals surface area contributed by atoms with E-state index in [0.29, 0.717) is 22.6 Å². The number of methoxy groups -OCH3 is 3. The first-order valence-electron chi connectivity index (χ1n) is 9.46. The number of aromatic nitrogens is 2. The van der Waals surface area contributed by atoms with Crippen molar-refractivity contribution in [2.45, 2.75) is 13.2 Å². The van der Waals surface area contributed by atoms with E-state index in [-0.39, 0.29) is 29.8 Å². The summed E-state index contributed by atoms with van der Waals surface area (Å²) in [6, 6.07) is 9.35. The van der Waals surface area contributed by atoms with Gasteiger partial charge in [0.05, 0.1) is 26.9 Å². The van der Waals surface area contributed by atoms with E-state index in [0.717, 1.165) is 6.08 Å². The van der Waals surface area contributed by atoms with Crippen molar-refractivity contribution >= 4 is 12.0 Å². The van der Waals surface area contributed by atoms with Gasteiger partial charge in [-0.15, -0.1) is 0 Å². The van der Waals surface area contributed by atoms with Gasteiger partial charge in [-0.1, -0.05) is 11.2 Å². The molecule has 174 valence electrons. The molecule has 0 N–H and O–H groups in total. The molecule has 1 aromatic heterocycles. The normalized spacial score (nSPS) is 11.0. The zero-order chi connectivity index (χ0) is 23.8. The lowest BCUT2D eigenvalue weighted by molar-refractivity contribution is -0.139. The highest BCUT2D eigenvalue weighted by Gasteiger charge is 2.15. The van der Waals surface area contributed by atoms with Gasteiger partial charge in [-0.05, 0) is 35.9 Å². The van der Waals surface area contributed by atoms with Gasteiger partial charge in [-0.25, -0.2) is 4.79 Å². The average Bonchev–Trinajstić information content (AvgIpc) is 3.30. The van der Waals surface area contributed by atoms with E-state index in [1.165, 1.54) is 45.6 Å². The van der Waals surface area contributed by atoms with Crippen molar-refractivity contribution in [1.82, 2.24) is 10.1 Å². The summed E-state index contributed by atoms with van der Waals surface area (Å²) >= 11 is 0. The molecule has 33 heavy (non-hydrogen) atoms. The molecule has 1 heterocycles. The Kier molecular flexibility index (Phi) is 7.79. The number of carbonyl (C=O) groups excluding carboxylic acids is 1. The quantitative estimate of drug-likeness (QED) is 0.325. The van der Waals surface area contributed by atoms with E-state index in [1.807, 2.05) is 0 Å². The maximum Gasteiger partial charge on any atom is 0.387 e. The molecule has 3 rings (SSSR count). The second-order valence-electron chi connectivity index (χ2n) is 6.31. The first kappa shape index (κ1) is 23.5. The van der Waals surface area contributed by atoms with E-state index in [1.54, 1.807) is 18.2 Å². The minimum absolute atomic E-state index is 0.0831. The Morgan fingerprint density at radius 3 is 2.52 bits per heavy atom. The fraction of sp³-hybridized carbons (Fsp3) is 0.227. The summed E-state index contributed by atoms with van der Waals surface area (Å²) < 4.78 is 54.9. The summed E-state index contributed by atoms with van der Waals surface area (Å²) in [5, 5.41) is 3.87. The highest BCUT2D eigenvalue weighted by molar-refractivity contribution is 5.87. The Labute approximate surface area is 187 Å². The number of esters is 1. The van der Waals surface area contributed by atoms with Gasteiger partial charge in [0.1, 0.15) is 11.5 Å². The lowest BCUT2D eigenvalue weighted by Gasteiger charge is -2.10. The Morgan fingerprint density at radius 2 is 1.82 bits per heavy atom. The maximum absolute atomic E-state index is 12.4. The molecule has 0 atom stereocenters. The number of benzene rings is 2. The molecular weight excluding hydrogens is 442 g/mol. The lowest BCUT2D eigenvalue weighted by atomic mass is 10.2. The molecule has 0 spiro atoms. The number of nitrogens with zero attached hydrogens (tertiary/aromatic N) is 2. The van der Waals surface area contributed by atoms with Gasteiger partial charge < -0.3 is 28.2 Å². The predicted molar refractivity (Wildman–Crippen MR) is 111 cm³/mol. The summed E-state index contributed by atoms with van der Waals surface area (Å²) in [6.07, 6.45) is 2.59. The third-order valence-electron chi connectivity index (χ3n) is 4.27. The first-order valence-corrected chi connectivity index (χ1v) is 9.46. The van der Waals surface area contributed by atoms with Crippen molar-refractivity contribution in [3.63, 3.8) is 0 Å². The summed E-state index contributed by atoms with van der Waals surface area (Å²) in [4.78, 5) is 16.2. The summed E-state index contributed by atoms with van der Waals surface area (Å²) in [6.45, 7) is -3.23. The minimum atomic E-state index is -2.98. The SMILES string of the molecule is COc1ccc(-c2noc(COC(=O)/C=C/c3ccc(OC(F)F)c(OC)c3)n2)c(OC)c1. The average molecular weight is 462 g/mol. The van der Waals surface area contributed by atoms with Crippen molar-refractivity contribution in [1.29, 1.82) is 0 Å². The van der Waals surface area contributed by atoms with E-state index < -0.39 is 12.6 Å². The molecule has 0 saturated carbocycles. The first-order chi connectivity index (χ1) is 15.9. The molecule has 3 aromatic rings. The highest BCUT2D eigenvalue weighted by Crippen LogP contribution is 2.32. The topological polar surface area (TPSA) is 102 Å². The molecule has 0 aliphatic heterocycles. The van der Waals surface area contributed by atoms with Crippen molar-refractivity contribution < 1.29 is 41.8 Å². The molecular formula is C22H20F2N2O7. The molecule has 0 bridgehead atoms. The van der Waals surface area contributed by atoms with Gasteiger partial charge in [-0.2, -0.15) is 13.8 Å². The van der Waals surface area contributed by atoms with Crippen LogP contribution in [0.1, 0.15) is 11.5 Å². The van der Waals surface area contributed by atoms with Crippen molar-refractivity contribution in [3.8, 4) is 34.4 Å². The second-order valence-corrected chi connectivity index (χ2v) is 6.31. The van der Waals surface area contributed by atoms with Crippen LogP contribution in [0.4, 0.5) is 8.78 Å². The van der Waals surface area contributed by atoms with E-state index in [4.69, 9.17) is 23.5 Å². The molecule has 0 fully saturated rings. The third-order valence-corrected chi connectivity index (χ3v) is 4.27. The van der Waals surface area contributed by atoms with Crippen LogP contribution in [0.3, 0.4) is 0 Å². The lowest BCUT2D eigenvalue weighted by Crippen LogP contribution is -2.03. The van der Waals surface area contributed by atoms with Crippen LogP contribution in [-0.4, -0.2) is 44.1 Å². The van der Waals surface area contributed by atoms with Crippen LogP contribution in [-0.2, 0) is 16.1 Å². The maximum atomic E-state index is 12.4. The van der Waals surface area contributed by atoms with Crippen LogP contribution < -0.4 is 18.9 Å². The molecule has 0 amide bonds. The Bertz CT molecular complexity index is 1130. The predicted octanol–water partition coefficient (Wildman–Crippen LogP) is 4.12. The van der Waals surface area contributed by atoms with Crippen LogP contribution in [0.2, 0.25) is 0 Å². The minimum Gasteiger partial charge on any atom is -0.497 e. The number of rotatable bonds is 10. The highest BCUT2D eigenvalue weighted by atomic mass is 19.3. The molecule has 9 nitrogen and oxygen atoms in total. The molecule has 0 aliphatic rings. The van der Waals surface area contributed by atoms with Gasteiger partial charge in [-0.3, -0.25) is 0 Å². The molecule has 0 unspecified atom stereocenters. The van der Waals surface area contributed by atoms with Crippen LogP contribution in [0.15, 0.2) is 47.0 Å². The number of carbonyl (C=O) groups is 1. The van der Waals surface area contributed by atoms with E-state index >= 15 is 0 Å². The summed E-state index contributed by atoms with van der Waals surface area (Å²) in [5.74, 6) is 0.736. The van der Waals surface area contributed by atoms with Gasteiger partial charge in [0.2, 0.25) is 5.82 Å². The molecule has 0 saturated heterocycles. The molecule has 11 heteroatoms. The van der Waals surface area contributed by atoms with Gasteiger partial charge in [0, 0.05) is 12.1 Å². The van der Waals surface area contributed by atoms with Gasteiger partial charge >= 0.3 is 12.6 Å². The molecule has 0 aliphatic carbocycles. The zero-order valence-corrected chi connectivity index (χ0v) is 17.9. The largest absolute Gasteiger partial charge is 0.497 e. The summed E-state index contributed by atoms with van der Waals surface area (Å²) in [5.41, 5.74) is 1.09. The van der Waals surface area contributed by atoms with E-state index in [2.05, 4.69) is 14.9 Å². The number of halogens is 2. The third kappa shape index (κ3) is 6.19. The van der Waals surface area contributed by atoms with Crippen LogP contribution >= 0.6 is 0 Å². The Balaban J connectivity index is 1.61. The van der Waals surface area contributed by atoms with Crippen molar-refractivity contribution in [2.75, 3.05) is 21.3 Å². The monoisotopic (exact) mass is 462 g/mol. The zero-order valence-electron chi connectivity index (χ0n) is 17.9. The number of alkyl halides is 2. The van der Waals surface area contributed by atoms with E-state index in [9.17, 15) is 13.6 Å². The van der Waals surface area contributed by atoms with Crippen molar-refractivity contribution in [3.05, 3.63) is 53.9 Å². The molecule has 0 radical (unpaired) electrons. The number of hydrogen-bond acceptors (Lipinski definition) is 9. The van der Waals surface area contributed by atoms with Crippen LogP contribution in [0, 0.1) is 0 Å². The fourth-order valence-electron chi connectivity index (χ4n) is 2.73. The number of ether oxygens (including phenoxy) is 5. The van der Waals surface area contributed by atoms with Crippen molar-refractivity contribution in [2.24, 2.45) is 0 Å². The fourth-order valence-corrected chi connectivity index (χ4v) is 2.73. The van der Waals surface area contributed by atoms with Gasteiger partial charge in [0.15, 0.2) is 18.1 Å². The Hall–Kier alpha value is -4.15. The standard InChI is InChI=1S/C22H20F2N2O7/c1-28-14-6-7-15(17(11-14)29-2)21-25-19(33-26-21)12-31-20(27)9-5-13-4-8-16(32-22(23)24)18(10-13)30-3/h4-11,22H,12H2,1-3H3/b9-5+. The molecule has 2 aromatic carbocycles.